The first kappa shape index (κ1) is 12.6. The summed E-state index contributed by atoms with van der Waals surface area (Å²) in [6.45, 7) is 11.9. The third-order valence-electron chi connectivity index (χ3n) is 2.69. The highest BCUT2D eigenvalue weighted by Crippen LogP contribution is 2.23. The van der Waals surface area contributed by atoms with E-state index in [1.165, 1.54) is 5.56 Å². The summed E-state index contributed by atoms with van der Waals surface area (Å²) in [5.41, 5.74) is 2.44. The molecule has 0 spiro atoms. The lowest BCUT2D eigenvalue weighted by atomic mass is 9.93. The first-order valence-electron chi connectivity index (χ1n) is 5.66. The minimum Gasteiger partial charge on any atom is -0.379 e. The molecule has 86 valence electrons. The summed E-state index contributed by atoms with van der Waals surface area (Å²) in [5.74, 6) is 0. The zero-order valence-electron chi connectivity index (χ0n) is 10.3. The van der Waals surface area contributed by atoms with Crippen LogP contribution in [0.15, 0.2) is 49.6 Å². The van der Waals surface area contributed by atoms with Crippen LogP contribution in [0.25, 0.3) is 0 Å². The van der Waals surface area contributed by atoms with Gasteiger partial charge in [-0.25, -0.2) is 0 Å². The van der Waals surface area contributed by atoms with Gasteiger partial charge in [0, 0.05) is 11.2 Å². The van der Waals surface area contributed by atoms with Gasteiger partial charge in [-0.3, -0.25) is 0 Å². The van der Waals surface area contributed by atoms with Gasteiger partial charge in [0.2, 0.25) is 0 Å². The summed E-state index contributed by atoms with van der Waals surface area (Å²) >= 11 is 0. The van der Waals surface area contributed by atoms with Gasteiger partial charge in [-0.2, -0.15) is 0 Å². The van der Waals surface area contributed by atoms with E-state index in [1.54, 1.807) is 0 Å². The van der Waals surface area contributed by atoms with Crippen molar-refractivity contribution < 1.29 is 0 Å². The Balaban J connectivity index is 2.78. The first-order valence-corrected chi connectivity index (χ1v) is 5.66. The van der Waals surface area contributed by atoms with Crippen molar-refractivity contribution in [3.8, 4) is 0 Å². The van der Waals surface area contributed by atoms with Crippen molar-refractivity contribution in [1.29, 1.82) is 0 Å². The van der Waals surface area contributed by atoms with Crippen molar-refractivity contribution in [2.45, 2.75) is 32.2 Å². The summed E-state index contributed by atoms with van der Waals surface area (Å²) in [6.07, 6.45) is 5.75. The van der Waals surface area contributed by atoms with Gasteiger partial charge in [0.05, 0.1) is 0 Å². The monoisotopic (exact) mass is 215 g/mol. The van der Waals surface area contributed by atoms with Gasteiger partial charge in [-0.15, -0.1) is 13.2 Å². The lowest BCUT2D eigenvalue weighted by Crippen LogP contribution is -2.33. The van der Waals surface area contributed by atoms with Crippen molar-refractivity contribution in [2.75, 3.05) is 5.32 Å². The third-order valence-corrected chi connectivity index (χ3v) is 2.69. The van der Waals surface area contributed by atoms with E-state index < -0.39 is 0 Å². The Hall–Kier alpha value is -1.50. The molecule has 1 N–H and O–H groups in total. The smallest absolute Gasteiger partial charge is 0.0414 e. The minimum atomic E-state index is 0.0127. The molecule has 1 heteroatoms. The second-order valence-electron chi connectivity index (χ2n) is 4.54. The molecule has 0 amide bonds. The second-order valence-corrected chi connectivity index (χ2v) is 4.54. The molecule has 0 bridgehead atoms. The molecule has 1 aromatic rings. The van der Waals surface area contributed by atoms with Gasteiger partial charge < -0.3 is 5.32 Å². The highest BCUT2D eigenvalue weighted by Gasteiger charge is 2.20. The highest BCUT2D eigenvalue weighted by atomic mass is 15.0. The lowest BCUT2D eigenvalue weighted by molar-refractivity contribution is 0.527. The van der Waals surface area contributed by atoms with Crippen molar-refractivity contribution in [2.24, 2.45) is 0 Å². The third kappa shape index (κ3) is 3.58. The quantitative estimate of drug-likeness (QED) is 0.697. The van der Waals surface area contributed by atoms with E-state index in [2.05, 4.69) is 56.6 Å². The normalized spacial score (nSPS) is 10.9. The maximum Gasteiger partial charge on any atom is 0.0414 e. The SMILES string of the molecule is C=CCC(C)(CC=C)Nc1ccc(C)cc1. The van der Waals surface area contributed by atoms with Gasteiger partial charge in [0.1, 0.15) is 0 Å². The Morgan fingerprint density at radius 1 is 1.12 bits per heavy atom. The Bertz CT molecular complexity index is 338. The summed E-state index contributed by atoms with van der Waals surface area (Å²) in [6, 6.07) is 8.45. The molecule has 0 aliphatic heterocycles. The Labute approximate surface area is 98.9 Å². The molecule has 0 saturated carbocycles. The molecule has 0 aromatic heterocycles. The maximum atomic E-state index is 3.81. The largest absolute Gasteiger partial charge is 0.379 e. The fraction of sp³-hybridized carbons (Fsp3) is 0.333. The molecule has 1 aromatic carbocycles. The first-order chi connectivity index (χ1) is 7.59. The Morgan fingerprint density at radius 3 is 2.06 bits per heavy atom. The molecule has 1 rings (SSSR count). The van der Waals surface area contributed by atoms with Gasteiger partial charge in [0.15, 0.2) is 0 Å². The molecule has 0 heterocycles. The topological polar surface area (TPSA) is 12.0 Å². The average molecular weight is 215 g/mol. The summed E-state index contributed by atoms with van der Waals surface area (Å²) in [7, 11) is 0. The fourth-order valence-corrected chi connectivity index (χ4v) is 1.81. The van der Waals surface area contributed by atoms with Crippen LogP contribution in [-0.4, -0.2) is 5.54 Å². The van der Waals surface area contributed by atoms with E-state index in [0.29, 0.717) is 0 Å². The van der Waals surface area contributed by atoms with Crippen LogP contribution in [0.5, 0.6) is 0 Å². The number of benzene rings is 1. The summed E-state index contributed by atoms with van der Waals surface area (Å²) in [5, 5.41) is 3.54. The summed E-state index contributed by atoms with van der Waals surface area (Å²) < 4.78 is 0. The van der Waals surface area contributed by atoms with Crippen LogP contribution in [0.2, 0.25) is 0 Å². The Kier molecular flexibility index (Phi) is 4.36. The molecule has 0 atom stereocenters. The molecule has 0 aliphatic rings. The van der Waals surface area contributed by atoms with Crippen molar-refractivity contribution >= 4 is 5.69 Å². The van der Waals surface area contributed by atoms with Gasteiger partial charge in [-0.05, 0) is 38.8 Å². The van der Waals surface area contributed by atoms with Crippen LogP contribution < -0.4 is 5.32 Å². The molecule has 0 radical (unpaired) electrons. The number of aryl methyl sites for hydroxylation is 1. The van der Waals surface area contributed by atoms with Gasteiger partial charge in [0.25, 0.3) is 0 Å². The van der Waals surface area contributed by atoms with E-state index in [-0.39, 0.29) is 5.54 Å². The van der Waals surface area contributed by atoms with Crippen LogP contribution in [0.4, 0.5) is 5.69 Å². The second kappa shape index (κ2) is 5.55. The zero-order chi connectivity index (χ0) is 12.0. The Morgan fingerprint density at radius 2 is 1.62 bits per heavy atom. The molecule has 0 saturated heterocycles. The van der Waals surface area contributed by atoms with E-state index >= 15 is 0 Å². The van der Waals surface area contributed by atoms with Crippen LogP contribution in [-0.2, 0) is 0 Å². The van der Waals surface area contributed by atoms with Gasteiger partial charge in [-0.1, -0.05) is 29.8 Å². The molecule has 16 heavy (non-hydrogen) atoms. The number of rotatable bonds is 6. The molecule has 1 nitrogen and oxygen atoms in total. The maximum absolute atomic E-state index is 3.81. The highest BCUT2D eigenvalue weighted by molar-refractivity contribution is 5.46. The van der Waals surface area contributed by atoms with Crippen molar-refractivity contribution in [3.63, 3.8) is 0 Å². The van der Waals surface area contributed by atoms with Gasteiger partial charge >= 0.3 is 0 Å². The molecule has 0 aliphatic carbocycles. The average Bonchev–Trinajstić information content (AvgIpc) is 2.22. The van der Waals surface area contributed by atoms with Crippen LogP contribution >= 0.6 is 0 Å². The predicted octanol–water partition coefficient (Wildman–Crippen LogP) is 4.32. The van der Waals surface area contributed by atoms with Crippen molar-refractivity contribution in [3.05, 3.63) is 55.1 Å². The minimum absolute atomic E-state index is 0.0127. The van der Waals surface area contributed by atoms with Crippen LogP contribution in [0.1, 0.15) is 25.3 Å². The molecule has 0 fully saturated rings. The number of nitrogens with one attached hydrogen (secondary N) is 1. The standard InChI is InChI=1S/C15H21N/c1-5-11-15(4,12-6-2)16-14-9-7-13(3)8-10-14/h5-10,16H,1-2,11-12H2,3-4H3. The van der Waals surface area contributed by atoms with E-state index in [1.807, 2.05) is 12.2 Å². The van der Waals surface area contributed by atoms with E-state index in [9.17, 15) is 0 Å². The summed E-state index contributed by atoms with van der Waals surface area (Å²) in [4.78, 5) is 0. The zero-order valence-corrected chi connectivity index (χ0v) is 10.3. The van der Waals surface area contributed by atoms with Crippen molar-refractivity contribution in [1.82, 2.24) is 0 Å². The predicted molar refractivity (Wildman–Crippen MR) is 72.8 cm³/mol. The van der Waals surface area contributed by atoms with Crippen LogP contribution in [0.3, 0.4) is 0 Å². The number of anilines is 1. The number of hydrogen-bond donors (Lipinski definition) is 1. The molecular weight excluding hydrogens is 194 g/mol. The van der Waals surface area contributed by atoms with Crippen LogP contribution in [0, 0.1) is 6.92 Å². The lowest BCUT2D eigenvalue weighted by Gasteiger charge is -2.30. The molecule has 0 unspecified atom stereocenters. The van der Waals surface area contributed by atoms with E-state index in [4.69, 9.17) is 0 Å². The fourth-order valence-electron chi connectivity index (χ4n) is 1.81. The van der Waals surface area contributed by atoms with E-state index in [0.717, 1.165) is 18.5 Å². The molecular formula is C15H21N. The number of hydrogen-bond acceptors (Lipinski definition) is 1.